The molecule has 0 atom stereocenters. The molecule has 0 amide bonds. The summed E-state index contributed by atoms with van der Waals surface area (Å²) in [6.07, 6.45) is -4.59. The second-order valence-electron chi connectivity index (χ2n) is 3.86. The largest absolute Gasteiger partial charge is 0.453 e. The van der Waals surface area contributed by atoms with Gasteiger partial charge in [0.15, 0.2) is 0 Å². The standard InChI is InChI=1S/C10H5BrF3N5S/c11-6-3-4(15)1-2-5(6)7-18-19-8(10(12,13)14)16-17-9(19)20-7/h1-3H,15H2. The summed E-state index contributed by atoms with van der Waals surface area (Å²) in [6, 6.07) is 4.98. The molecule has 3 rings (SSSR count). The molecular formula is C10H5BrF3N5S. The zero-order valence-corrected chi connectivity index (χ0v) is 11.9. The fourth-order valence-corrected chi connectivity index (χ4v) is 3.20. The van der Waals surface area contributed by atoms with Crippen molar-refractivity contribution >= 4 is 37.9 Å². The third kappa shape index (κ3) is 2.14. The Hall–Kier alpha value is -1.68. The van der Waals surface area contributed by atoms with Crippen molar-refractivity contribution in [1.82, 2.24) is 19.8 Å². The number of nitrogen functional groups attached to an aromatic ring is 1. The van der Waals surface area contributed by atoms with E-state index in [9.17, 15) is 13.2 Å². The molecule has 20 heavy (non-hydrogen) atoms. The van der Waals surface area contributed by atoms with Gasteiger partial charge >= 0.3 is 6.18 Å². The summed E-state index contributed by atoms with van der Waals surface area (Å²) in [5, 5.41) is 10.9. The topological polar surface area (TPSA) is 69.1 Å². The van der Waals surface area contributed by atoms with Gasteiger partial charge in [0, 0.05) is 15.7 Å². The van der Waals surface area contributed by atoms with E-state index in [1.54, 1.807) is 18.2 Å². The second-order valence-corrected chi connectivity index (χ2v) is 5.67. The normalized spacial score (nSPS) is 12.2. The number of nitrogens with two attached hydrogens (primary N) is 1. The predicted octanol–water partition coefficient (Wildman–Crippen LogP) is 3.22. The zero-order valence-electron chi connectivity index (χ0n) is 9.52. The van der Waals surface area contributed by atoms with E-state index in [-0.39, 0.29) is 4.96 Å². The van der Waals surface area contributed by atoms with Crippen LogP contribution in [0.4, 0.5) is 18.9 Å². The predicted molar refractivity (Wildman–Crippen MR) is 71.2 cm³/mol. The number of fused-ring (bicyclic) bond motifs is 1. The number of rotatable bonds is 1. The maximum absolute atomic E-state index is 12.7. The van der Waals surface area contributed by atoms with Crippen LogP contribution in [0.25, 0.3) is 15.5 Å². The molecule has 0 fully saturated rings. The van der Waals surface area contributed by atoms with Crippen molar-refractivity contribution in [2.45, 2.75) is 6.18 Å². The molecule has 0 saturated heterocycles. The highest BCUT2D eigenvalue weighted by molar-refractivity contribution is 9.10. The average molecular weight is 364 g/mol. The van der Waals surface area contributed by atoms with E-state index >= 15 is 0 Å². The maximum atomic E-state index is 12.7. The quantitative estimate of drug-likeness (QED) is 0.674. The molecular weight excluding hydrogens is 359 g/mol. The van der Waals surface area contributed by atoms with E-state index in [4.69, 9.17) is 5.73 Å². The van der Waals surface area contributed by atoms with E-state index in [2.05, 4.69) is 31.2 Å². The number of hydrogen-bond acceptors (Lipinski definition) is 5. The molecule has 5 nitrogen and oxygen atoms in total. The van der Waals surface area contributed by atoms with E-state index in [0.717, 1.165) is 11.3 Å². The minimum absolute atomic E-state index is 0.0797. The molecule has 0 unspecified atom stereocenters. The Morgan fingerprint density at radius 1 is 1.25 bits per heavy atom. The van der Waals surface area contributed by atoms with Gasteiger partial charge in [-0.3, -0.25) is 0 Å². The number of benzene rings is 1. The minimum Gasteiger partial charge on any atom is -0.399 e. The molecule has 10 heteroatoms. The summed E-state index contributed by atoms with van der Waals surface area (Å²) in [5.41, 5.74) is 6.80. The van der Waals surface area contributed by atoms with Crippen LogP contribution in [0.15, 0.2) is 22.7 Å². The van der Waals surface area contributed by atoms with Crippen LogP contribution in [0.5, 0.6) is 0 Å². The molecule has 2 N–H and O–H groups in total. The third-order valence-electron chi connectivity index (χ3n) is 2.47. The number of alkyl halides is 3. The summed E-state index contributed by atoms with van der Waals surface area (Å²) in [6.45, 7) is 0. The van der Waals surface area contributed by atoms with E-state index < -0.39 is 12.0 Å². The van der Waals surface area contributed by atoms with E-state index in [1.165, 1.54) is 0 Å². The van der Waals surface area contributed by atoms with Crippen LogP contribution in [0.1, 0.15) is 5.82 Å². The lowest BCUT2D eigenvalue weighted by Gasteiger charge is -2.02. The Morgan fingerprint density at radius 3 is 2.65 bits per heavy atom. The number of halogens is 4. The summed E-state index contributed by atoms with van der Waals surface area (Å²) in [7, 11) is 0. The Morgan fingerprint density at radius 2 is 2.00 bits per heavy atom. The van der Waals surface area contributed by atoms with Crippen molar-refractivity contribution in [2.75, 3.05) is 5.73 Å². The van der Waals surface area contributed by atoms with Gasteiger partial charge in [-0.05, 0) is 34.1 Å². The lowest BCUT2D eigenvalue weighted by Crippen LogP contribution is -2.11. The van der Waals surface area contributed by atoms with Gasteiger partial charge in [0.2, 0.25) is 4.96 Å². The fraction of sp³-hybridized carbons (Fsp3) is 0.100. The lowest BCUT2D eigenvalue weighted by molar-refractivity contribution is -0.146. The van der Waals surface area contributed by atoms with Crippen LogP contribution in [0.3, 0.4) is 0 Å². The van der Waals surface area contributed by atoms with Gasteiger partial charge in [-0.15, -0.1) is 10.2 Å². The first-order valence-electron chi connectivity index (χ1n) is 5.21. The van der Waals surface area contributed by atoms with Crippen molar-refractivity contribution in [3.63, 3.8) is 0 Å². The van der Waals surface area contributed by atoms with Crippen LogP contribution in [0.2, 0.25) is 0 Å². The number of nitrogens with zero attached hydrogens (tertiary/aromatic N) is 4. The first-order chi connectivity index (χ1) is 9.36. The summed E-state index contributed by atoms with van der Waals surface area (Å²) < 4.78 is 39.5. The first kappa shape index (κ1) is 13.3. The number of hydrogen-bond donors (Lipinski definition) is 1. The van der Waals surface area contributed by atoms with Crippen LogP contribution in [-0.4, -0.2) is 19.8 Å². The van der Waals surface area contributed by atoms with Crippen LogP contribution in [0, 0.1) is 0 Å². The molecule has 0 aliphatic carbocycles. The summed E-state index contributed by atoms with van der Waals surface area (Å²) >= 11 is 4.32. The molecule has 0 spiro atoms. The molecule has 0 aliphatic rings. The summed E-state index contributed by atoms with van der Waals surface area (Å²) in [4.78, 5) is 0.0797. The van der Waals surface area contributed by atoms with Gasteiger partial charge in [-0.1, -0.05) is 11.3 Å². The molecule has 104 valence electrons. The monoisotopic (exact) mass is 363 g/mol. The molecule has 3 aromatic rings. The van der Waals surface area contributed by atoms with Crippen molar-refractivity contribution in [1.29, 1.82) is 0 Å². The molecule has 0 bridgehead atoms. The molecule has 0 saturated carbocycles. The van der Waals surface area contributed by atoms with Gasteiger partial charge in [-0.25, -0.2) is 0 Å². The van der Waals surface area contributed by atoms with Gasteiger partial charge in [0.05, 0.1) is 0 Å². The highest BCUT2D eigenvalue weighted by Crippen LogP contribution is 2.35. The minimum atomic E-state index is -4.59. The van der Waals surface area contributed by atoms with E-state index in [0.29, 0.717) is 25.2 Å². The van der Waals surface area contributed by atoms with Gasteiger partial charge in [-0.2, -0.15) is 22.8 Å². The Bertz CT molecular complexity index is 794. The lowest BCUT2D eigenvalue weighted by atomic mass is 10.2. The third-order valence-corrected chi connectivity index (χ3v) is 4.06. The average Bonchev–Trinajstić information content (AvgIpc) is 2.86. The van der Waals surface area contributed by atoms with E-state index in [1.807, 2.05) is 0 Å². The molecule has 1 aromatic carbocycles. The molecule has 2 aromatic heterocycles. The Labute approximate surface area is 122 Å². The molecule has 0 aliphatic heterocycles. The van der Waals surface area contributed by atoms with Gasteiger partial charge in [0.25, 0.3) is 5.82 Å². The Kier molecular flexibility index (Phi) is 2.94. The zero-order chi connectivity index (χ0) is 14.5. The van der Waals surface area contributed by atoms with Crippen LogP contribution >= 0.6 is 27.3 Å². The SMILES string of the molecule is Nc1ccc(-c2nn3c(C(F)(F)F)nnc3s2)c(Br)c1. The Balaban J connectivity index is 2.16. The van der Waals surface area contributed by atoms with Crippen molar-refractivity contribution in [3.8, 4) is 10.6 Å². The molecule has 2 heterocycles. The summed E-state index contributed by atoms with van der Waals surface area (Å²) in [5.74, 6) is -1.14. The van der Waals surface area contributed by atoms with Gasteiger partial charge in [0.1, 0.15) is 5.01 Å². The van der Waals surface area contributed by atoms with Crippen LogP contribution < -0.4 is 5.73 Å². The molecule has 0 radical (unpaired) electrons. The number of aromatic nitrogens is 4. The van der Waals surface area contributed by atoms with Crippen LogP contribution in [-0.2, 0) is 6.18 Å². The van der Waals surface area contributed by atoms with Crippen molar-refractivity contribution in [2.24, 2.45) is 0 Å². The van der Waals surface area contributed by atoms with Crippen molar-refractivity contribution < 1.29 is 13.2 Å². The van der Waals surface area contributed by atoms with Crippen molar-refractivity contribution in [3.05, 3.63) is 28.5 Å². The smallest absolute Gasteiger partial charge is 0.399 e. The first-order valence-corrected chi connectivity index (χ1v) is 6.82. The highest BCUT2D eigenvalue weighted by Gasteiger charge is 2.38. The maximum Gasteiger partial charge on any atom is 0.453 e. The highest BCUT2D eigenvalue weighted by atomic mass is 79.9. The fourth-order valence-electron chi connectivity index (χ4n) is 1.61. The van der Waals surface area contributed by atoms with Gasteiger partial charge < -0.3 is 5.73 Å². The second kappa shape index (κ2) is 4.42. The number of anilines is 1.